The van der Waals surface area contributed by atoms with Crippen LogP contribution in [0.5, 0.6) is 0 Å². The highest BCUT2D eigenvalue weighted by atomic mass is 32.2. The molecule has 2 atom stereocenters. The van der Waals surface area contributed by atoms with Crippen LogP contribution in [-0.2, 0) is 9.59 Å². The highest BCUT2D eigenvalue weighted by molar-refractivity contribution is 8.27. The number of carboxylic acids is 2. The Morgan fingerprint density at radius 1 is 1.13 bits per heavy atom. The number of carboxylic acid groups (broad SMARTS) is 2. The van der Waals surface area contributed by atoms with Crippen LogP contribution >= 0.6 is 36.2 Å². The van der Waals surface area contributed by atoms with Crippen molar-refractivity contribution in [2.45, 2.75) is 19.1 Å². The summed E-state index contributed by atoms with van der Waals surface area (Å²) in [5.41, 5.74) is 0. The Labute approximate surface area is 102 Å². The first-order valence-electron chi connectivity index (χ1n) is 3.97. The normalized spacial score (nSPS) is 14.0. The lowest BCUT2D eigenvalue weighted by Gasteiger charge is -2.11. The van der Waals surface area contributed by atoms with Crippen LogP contribution in [0.25, 0.3) is 0 Å². The molecule has 84 valence electrons. The predicted molar refractivity (Wildman–Crippen MR) is 66.7 cm³/mol. The predicted octanol–water partition coefficient (Wildman–Crippen LogP) is 1.61. The van der Waals surface area contributed by atoms with E-state index in [1.54, 1.807) is 0 Å². The van der Waals surface area contributed by atoms with Crippen molar-refractivity contribution in [2.24, 2.45) is 5.92 Å². The van der Waals surface area contributed by atoms with Gasteiger partial charge in [0.15, 0.2) is 0 Å². The molecule has 0 heterocycles. The van der Waals surface area contributed by atoms with Crippen LogP contribution in [0.2, 0.25) is 0 Å². The molecule has 0 aromatic heterocycles. The molecule has 7 heteroatoms. The maximum Gasteiger partial charge on any atom is 0.316 e. The summed E-state index contributed by atoms with van der Waals surface area (Å²) in [4.78, 5) is 21.2. The Morgan fingerprint density at radius 3 is 1.93 bits per heavy atom. The minimum atomic E-state index is -1.06. The second-order valence-electron chi connectivity index (χ2n) is 2.81. The summed E-state index contributed by atoms with van der Waals surface area (Å²) < 4.78 is 0.162. The highest BCUT2D eigenvalue weighted by Crippen LogP contribution is 2.18. The molecule has 0 aliphatic heterocycles. The van der Waals surface area contributed by atoms with E-state index in [1.165, 1.54) is 13.8 Å². The third-order valence-corrected chi connectivity index (χ3v) is 3.91. The van der Waals surface area contributed by atoms with Crippen LogP contribution in [0.4, 0.5) is 0 Å². The summed E-state index contributed by atoms with van der Waals surface area (Å²) in [6, 6.07) is 0. The summed E-state index contributed by atoms with van der Waals surface area (Å²) in [5.74, 6) is -2.93. The minimum absolute atomic E-state index is 0.107. The fourth-order valence-corrected chi connectivity index (χ4v) is 2.13. The van der Waals surface area contributed by atoms with E-state index >= 15 is 0 Å². The summed E-state index contributed by atoms with van der Waals surface area (Å²) >= 11 is 10.6. The van der Waals surface area contributed by atoms with Gasteiger partial charge in [0, 0.05) is 0 Å². The lowest BCUT2D eigenvalue weighted by molar-refractivity contribution is -0.139. The van der Waals surface area contributed by atoms with Crippen molar-refractivity contribution >= 4 is 57.2 Å². The molecule has 2 unspecified atom stereocenters. The second kappa shape index (κ2) is 6.14. The maximum atomic E-state index is 10.6. The first-order chi connectivity index (χ1) is 6.77. The molecule has 0 spiro atoms. The van der Waals surface area contributed by atoms with Crippen molar-refractivity contribution in [1.29, 1.82) is 0 Å². The van der Waals surface area contributed by atoms with Gasteiger partial charge in [0.2, 0.25) is 0 Å². The Kier molecular flexibility index (Phi) is 5.92. The van der Waals surface area contributed by atoms with Gasteiger partial charge >= 0.3 is 11.9 Å². The van der Waals surface area contributed by atoms with Gasteiger partial charge in [-0.05, 0) is 13.8 Å². The van der Waals surface area contributed by atoms with Gasteiger partial charge in [-0.15, -0.1) is 0 Å². The van der Waals surface area contributed by atoms with Crippen molar-refractivity contribution in [3.05, 3.63) is 0 Å². The van der Waals surface area contributed by atoms with E-state index in [2.05, 4.69) is 0 Å². The third kappa shape index (κ3) is 4.67. The smallest absolute Gasteiger partial charge is 0.316 e. The van der Waals surface area contributed by atoms with E-state index < -0.39 is 23.1 Å². The van der Waals surface area contributed by atoms with Gasteiger partial charge in [-0.2, -0.15) is 0 Å². The molecule has 0 aliphatic carbocycles. The van der Waals surface area contributed by atoms with Crippen molar-refractivity contribution in [3.8, 4) is 0 Å². The van der Waals surface area contributed by atoms with Crippen LogP contribution in [0.15, 0.2) is 0 Å². The van der Waals surface area contributed by atoms with Crippen LogP contribution in [0, 0.1) is 5.92 Å². The summed E-state index contributed by atoms with van der Waals surface area (Å²) in [6.45, 7) is 2.89. The van der Waals surface area contributed by atoms with E-state index in [9.17, 15) is 9.59 Å². The summed E-state index contributed by atoms with van der Waals surface area (Å²) in [7, 11) is 0. The van der Waals surface area contributed by atoms with Crippen LogP contribution in [0.1, 0.15) is 13.8 Å². The largest absolute Gasteiger partial charge is 0.481 e. The molecule has 0 aromatic rings. The van der Waals surface area contributed by atoms with Gasteiger partial charge in [0.05, 0.1) is 15.0 Å². The van der Waals surface area contributed by atoms with Crippen molar-refractivity contribution in [1.82, 2.24) is 0 Å². The number of hydrogen-bond donors (Lipinski definition) is 2. The maximum absolute atomic E-state index is 10.6. The third-order valence-electron chi connectivity index (χ3n) is 1.60. The molecule has 0 aromatic carbocycles. The molecule has 0 fully saturated rings. The molecule has 0 rings (SSSR count). The summed E-state index contributed by atoms with van der Waals surface area (Å²) in [6.07, 6.45) is 0. The zero-order valence-corrected chi connectivity index (χ0v) is 10.5. The second-order valence-corrected chi connectivity index (χ2v) is 5.27. The molecule has 0 bridgehead atoms. The van der Waals surface area contributed by atoms with Crippen molar-refractivity contribution < 1.29 is 19.8 Å². The lowest BCUT2D eigenvalue weighted by Crippen LogP contribution is -2.25. The minimum Gasteiger partial charge on any atom is -0.481 e. The highest BCUT2D eigenvalue weighted by Gasteiger charge is 2.23. The monoisotopic (exact) mass is 266 g/mol. The molecule has 0 saturated carbocycles. The van der Waals surface area contributed by atoms with Gasteiger partial charge in [0.1, 0.15) is 5.25 Å². The van der Waals surface area contributed by atoms with Gasteiger partial charge < -0.3 is 10.2 Å². The molecule has 0 amide bonds. The number of rotatable bonds is 5. The van der Waals surface area contributed by atoms with E-state index in [-0.39, 0.29) is 9.06 Å². The Bertz CT molecular complexity index is 313. The first-order valence-corrected chi connectivity index (χ1v) is 5.67. The van der Waals surface area contributed by atoms with E-state index in [4.69, 9.17) is 34.6 Å². The van der Waals surface area contributed by atoms with E-state index in [1.807, 2.05) is 0 Å². The zero-order valence-electron chi connectivity index (χ0n) is 8.09. The van der Waals surface area contributed by atoms with Crippen LogP contribution in [-0.4, -0.2) is 36.5 Å². The van der Waals surface area contributed by atoms with Crippen molar-refractivity contribution in [3.63, 3.8) is 0 Å². The fraction of sp³-hybridized carbons (Fsp3) is 0.500. The Hall–Kier alpha value is -0.530. The average molecular weight is 266 g/mol. The topological polar surface area (TPSA) is 74.6 Å². The van der Waals surface area contributed by atoms with E-state index in [0.717, 1.165) is 11.8 Å². The summed E-state index contributed by atoms with van der Waals surface area (Å²) in [5, 5.41) is 16.6. The molecule has 15 heavy (non-hydrogen) atoms. The first kappa shape index (κ1) is 14.5. The molecule has 4 nitrogen and oxygen atoms in total. The van der Waals surface area contributed by atoms with Gasteiger partial charge in [0.25, 0.3) is 0 Å². The van der Waals surface area contributed by atoms with Gasteiger partial charge in [-0.3, -0.25) is 9.59 Å². The van der Waals surface area contributed by atoms with Gasteiger partial charge in [-0.25, -0.2) is 0 Å². The van der Waals surface area contributed by atoms with E-state index in [0.29, 0.717) is 0 Å². The molecular weight excluding hydrogens is 256 g/mol. The van der Waals surface area contributed by atoms with Crippen LogP contribution < -0.4 is 0 Å². The quantitative estimate of drug-likeness (QED) is 0.732. The number of thiocarbonyl (C=S) groups is 2. The van der Waals surface area contributed by atoms with Crippen LogP contribution in [0.3, 0.4) is 0 Å². The molecular formula is C8H10O4S3. The number of carbonyl (C=O) groups is 2. The van der Waals surface area contributed by atoms with Gasteiger partial charge in [-0.1, -0.05) is 36.2 Å². The number of thioether (sulfide) groups is 1. The fourth-order valence-electron chi connectivity index (χ4n) is 0.558. The number of hydrogen-bond acceptors (Lipinski definition) is 5. The molecule has 0 aliphatic rings. The molecule has 0 radical (unpaired) electrons. The Morgan fingerprint density at radius 2 is 1.60 bits per heavy atom. The SMILES string of the molecule is CC(SC(=S)C(=S)C(C)C(=O)O)C(=O)O. The zero-order chi connectivity index (χ0) is 12.2. The molecule has 2 N–H and O–H groups in total. The molecule has 0 saturated heterocycles. The van der Waals surface area contributed by atoms with Crippen molar-refractivity contribution in [2.75, 3.05) is 0 Å². The lowest BCUT2D eigenvalue weighted by atomic mass is 10.1. The standard InChI is InChI=1S/C8H10O4S3/c1-3(6(9)10)5(13)8(14)15-4(2)7(11)12/h3-4H,1-2H3,(H,9,10)(H,11,12). The Balaban J connectivity index is 4.41. The number of aliphatic carboxylic acids is 2. The average Bonchev–Trinajstić information content (AvgIpc) is 2.14.